The number of rotatable bonds is 3. The molecule has 17 heavy (non-hydrogen) atoms. The van der Waals surface area contributed by atoms with Gasteiger partial charge in [-0.2, -0.15) is 0 Å². The van der Waals surface area contributed by atoms with Crippen molar-refractivity contribution in [1.29, 1.82) is 0 Å². The van der Waals surface area contributed by atoms with Crippen LogP contribution in [-0.4, -0.2) is 31.3 Å². The molecule has 94 valence electrons. The second-order valence-electron chi connectivity index (χ2n) is 4.03. The van der Waals surface area contributed by atoms with Crippen molar-refractivity contribution in [2.75, 3.05) is 26.4 Å². The molecule has 1 aliphatic heterocycles. The lowest BCUT2D eigenvalue weighted by Crippen LogP contribution is -2.33. The zero-order valence-corrected chi connectivity index (χ0v) is 10.5. The average Bonchev–Trinajstić information content (AvgIpc) is 2.29. The van der Waals surface area contributed by atoms with Crippen LogP contribution in [0.4, 0.5) is 0 Å². The lowest BCUT2D eigenvalue weighted by molar-refractivity contribution is 0.0277. The first-order chi connectivity index (χ1) is 8.04. The van der Waals surface area contributed by atoms with Gasteiger partial charge in [-0.15, -0.1) is 0 Å². The van der Waals surface area contributed by atoms with Gasteiger partial charge in [0.2, 0.25) is 0 Å². The maximum absolute atomic E-state index is 11.1. The van der Waals surface area contributed by atoms with E-state index in [9.17, 15) is 4.57 Å². The Labute approximate surface area is 100 Å². The summed E-state index contributed by atoms with van der Waals surface area (Å²) in [6.07, 6.45) is 0.0420. The van der Waals surface area contributed by atoms with E-state index in [-0.39, 0.29) is 6.10 Å². The first kappa shape index (κ1) is 12.6. The Morgan fingerprint density at radius 2 is 2.18 bits per heavy atom. The van der Waals surface area contributed by atoms with Crippen LogP contribution >= 0.6 is 7.60 Å². The van der Waals surface area contributed by atoms with Crippen molar-refractivity contribution in [1.82, 2.24) is 5.32 Å². The summed E-state index contributed by atoms with van der Waals surface area (Å²) < 4.78 is 21.6. The number of nitrogens with one attached hydrogen (secondary N) is 1. The molecule has 0 saturated carbocycles. The predicted molar refractivity (Wildman–Crippen MR) is 64.4 cm³/mol. The molecule has 0 radical (unpaired) electrons. The number of benzene rings is 1. The Hall–Kier alpha value is -0.870. The second kappa shape index (κ2) is 5.19. The molecule has 1 aromatic carbocycles. The minimum atomic E-state index is -3.48. The molecule has 2 N–H and O–H groups in total. The lowest BCUT2D eigenvalue weighted by atomic mass is 10.1. The van der Waals surface area contributed by atoms with Gasteiger partial charge in [0.25, 0.3) is 0 Å². The van der Waals surface area contributed by atoms with E-state index < -0.39 is 7.60 Å². The summed E-state index contributed by atoms with van der Waals surface area (Å²) in [5, 5.41) is 3.25. The summed E-state index contributed by atoms with van der Waals surface area (Å²) in [6.45, 7) is 3.52. The fourth-order valence-corrected chi connectivity index (χ4v) is 2.23. The highest BCUT2D eigenvalue weighted by Gasteiger charge is 2.16. The molecule has 0 bridgehead atoms. The Bertz CT molecular complexity index is 408. The molecule has 2 unspecified atom stereocenters. The molecule has 0 amide bonds. The van der Waals surface area contributed by atoms with Gasteiger partial charge in [0.15, 0.2) is 0 Å². The van der Waals surface area contributed by atoms with Crippen LogP contribution in [-0.2, 0) is 9.30 Å². The lowest BCUT2D eigenvalue weighted by Gasteiger charge is -2.24. The van der Waals surface area contributed by atoms with Gasteiger partial charge in [0.05, 0.1) is 12.7 Å². The third-order valence-corrected chi connectivity index (χ3v) is 3.00. The zero-order valence-electron chi connectivity index (χ0n) is 9.63. The molecule has 2 rings (SSSR count). The van der Waals surface area contributed by atoms with Gasteiger partial charge in [-0.05, 0) is 17.7 Å². The Morgan fingerprint density at radius 3 is 2.71 bits per heavy atom. The van der Waals surface area contributed by atoms with Crippen LogP contribution in [0.25, 0.3) is 0 Å². The molecule has 0 aliphatic carbocycles. The van der Waals surface area contributed by atoms with Gasteiger partial charge in [-0.25, -0.2) is 4.57 Å². The van der Waals surface area contributed by atoms with Crippen molar-refractivity contribution in [3.05, 3.63) is 29.8 Å². The third-order valence-electron chi connectivity index (χ3n) is 2.45. The molecule has 0 spiro atoms. The Kier molecular flexibility index (Phi) is 3.84. The monoisotopic (exact) mass is 257 g/mol. The van der Waals surface area contributed by atoms with Crippen LogP contribution in [0.5, 0.6) is 5.75 Å². The topological polar surface area (TPSA) is 67.8 Å². The fraction of sp³-hybridized carbons (Fsp3) is 0.455. The minimum absolute atomic E-state index is 0.0420. The molecular weight excluding hydrogens is 241 g/mol. The van der Waals surface area contributed by atoms with Crippen molar-refractivity contribution >= 4 is 7.60 Å². The second-order valence-corrected chi connectivity index (χ2v) is 5.82. The number of hydrogen-bond acceptors (Lipinski definition) is 4. The van der Waals surface area contributed by atoms with Crippen molar-refractivity contribution in [2.24, 2.45) is 0 Å². The molecule has 6 heteroatoms. The molecule has 0 aromatic heterocycles. The molecule has 5 nitrogen and oxygen atoms in total. The Morgan fingerprint density at radius 1 is 1.47 bits per heavy atom. The van der Waals surface area contributed by atoms with Gasteiger partial charge >= 0.3 is 7.60 Å². The van der Waals surface area contributed by atoms with Crippen molar-refractivity contribution in [3.8, 4) is 5.75 Å². The maximum Gasteiger partial charge on any atom is 0.373 e. The summed E-state index contributed by atoms with van der Waals surface area (Å²) in [5.74, 6) is 0.394. The highest BCUT2D eigenvalue weighted by Crippen LogP contribution is 2.38. The van der Waals surface area contributed by atoms with E-state index >= 15 is 0 Å². The molecule has 2 atom stereocenters. The van der Waals surface area contributed by atoms with Crippen LogP contribution in [0.3, 0.4) is 0 Å². The summed E-state index contributed by atoms with van der Waals surface area (Å²) >= 11 is 0. The van der Waals surface area contributed by atoms with Crippen molar-refractivity contribution in [2.45, 2.75) is 6.10 Å². The zero-order chi connectivity index (χ0) is 12.3. The van der Waals surface area contributed by atoms with Gasteiger partial charge in [-0.3, -0.25) is 0 Å². The van der Waals surface area contributed by atoms with Gasteiger partial charge in [0.1, 0.15) is 5.75 Å². The largest absolute Gasteiger partial charge is 0.425 e. The highest BCUT2D eigenvalue weighted by molar-refractivity contribution is 7.52. The standard InChI is InChI=1S/C11H16NO4P/c1-17(13,14)16-10-4-2-9(3-5-10)11-8-12-6-7-15-11/h2-5,11-12H,6-8H2,1H3,(H,13,14). The SMILES string of the molecule is CP(=O)(O)Oc1ccc(C2CNCCO2)cc1. The molecule has 1 aliphatic rings. The molecule has 1 saturated heterocycles. The minimum Gasteiger partial charge on any atom is -0.425 e. The number of hydrogen-bond donors (Lipinski definition) is 2. The highest BCUT2D eigenvalue weighted by atomic mass is 31.2. The van der Waals surface area contributed by atoms with Crippen LogP contribution in [0.2, 0.25) is 0 Å². The van der Waals surface area contributed by atoms with Gasteiger partial charge in [-0.1, -0.05) is 12.1 Å². The van der Waals surface area contributed by atoms with E-state index in [2.05, 4.69) is 5.32 Å². The van der Waals surface area contributed by atoms with Gasteiger partial charge in [0, 0.05) is 19.8 Å². The number of ether oxygens (including phenoxy) is 1. The number of morpholine rings is 1. The molecular formula is C11H16NO4P. The summed E-state index contributed by atoms with van der Waals surface area (Å²) in [7, 11) is -3.48. The van der Waals surface area contributed by atoms with Crippen LogP contribution < -0.4 is 9.84 Å². The molecule has 1 heterocycles. The normalized spacial score (nSPS) is 24.0. The smallest absolute Gasteiger partial charge is 0.373 e. The average molecular weight is 257 g/mol. The quantitative estimate of drug-likeness (QED) is 0.804. The fourth-order valence-electron chi connectivity index (χ4n) is 1.72. The Balaban J connectivity index is 2.04. The van der Waals surface area contributed by atoms with E-state index in [1.54, 1.807) is 12.1 Å². The van der Waals surface area contributed by atoms with Gasteiger partial charge < -0.3 is 19.5 Å². The van der Waals surface area contributed by atoms with E-state index in [0.717, 1.165) is 25.3 Å². The van der Waals surface area contributed by atoms with E-state index in [0.29, 0.717) is 12.4 Å². The predicted octanol–water partition coefficient (Wildman–Crippen LogP) is 1.54. The third kappa shape index (κ3) is 3.82. The first-order valence-corrected chi connectivity index (χ1v) is 7.49. The summed E-state index contributed by atoms with van der Waals surface area (Å²) in [5.41, 5.74) is 1.04. The molecule has 1 aromatic rings. The van der Waals surface area contributed by atoms with Crippen LogP contribution in [0.15, 0.2) is 24.3 Å². The summed E-state index contributed by atoms with van der Waals surface area (Å²) in [4.78, 5) is 9.09. The molecule has 1 fully saturated rings. The van der Waals surface area contributed by atoms with Crippen molar-refractivity contribution in [3.63, 3.8) is 0 Å². The van der Waals surface area contributed by atoms with Crippen molar-refractivity contribution < 1.29 is 18.7 Å². The van der Waals surface area contributed by atoms with E-state index in [1.807, 2.05) is 12.1 Å². The van der Waals surface area contributed by atoms with E-state index in [4.69, 9.17) is 14.2 Å². The van der Waals surface area contributed by atoms with Crippen LogP contribution in [0, 0.1) is 0 Å². The first-order valence-electron chi connectivity index (χ1n) is 5.47. The van der Waals surface area contributed by atoms with Crippen LogP contribution in [0.1, 0.15) is 11.7 Å². The maximum atomic E-state index is 11.1. The van der Waals surface area contributed by atoms with E-state index in [1.165, 1.54) is 0 Å². The summed E-state index contributed by atoms with van der Waals surface area (Å²) in [6, 6.07) is 7.06.